The van der Waals surface area contributed by atoms with Crippen LogP contribution in [-0.2, 0) is 14.4 Å². The molecule has 0 N–H and O–H groups in total. The second-order valence-corrected chi connectivity index (χ2v) is 5.86. The highest BCUT2D eigenvalue weighted by Crippen LogP contribution is 2.42. The second-order valence-electron chi connectivity index (χ2n) is 5.38. The van der Waals surface area contributed by atoms with Crippen molar-refractivity contribution in [2.75, 3.05) is 4.90 Å². The summed E-state index contributed by atoms with van der Waals surface area (Å²) in [5.41, 5.74) is 0.304. The van der Waals surface area contributed by atoms with Crippen LogP contribution >= 0.6 is 11.6 Å². The maximum Gasteiger partial charge on any atom is 0.308 e. The lowest BCUT2D eigenvalue weighted by atomic mass is 9.85. The lowest BCUT2D eigenvalue weighted by Crippen LogP contribution is -2.31. The molecule has 2 amide bonds. The van der Waals surface area contributed by atoms with E-state index >= 15 is 0 Å². The van der Waals surface area contributed by atoms with Crippen molar-refractivity contribution in [2.24, 2.45) is 11.8 Å². The fraction of sp³-hybridized carbons (Fsp3) is 0.312. The maximum atomic E-state index is 12.6. The van der Waals surface area contributed by atoms with Gasteiger partial charge in [0.2, 0.25) is 11.8 Å². The number of para-hydroxylation sites is 2. The first-order valence-electron chi connectivity index (χ1n) is 6.99. The van der Waals surface area contributed by atoms with Crippen LogP contribution in [0.25, 0.3) is 0 Å². The van der Waals surface area contributed by atoms with E-state index in [1.165, 1.54) is 6.92 Å². The Kier molecular flexibility index (Phi) is 3.74. The molecule has 0 saturated carbocycles. The third kappa shape index (κ3) is 2.41. The number of esters is 1. The molecule has 0 bridgehead atoms. The van der Waals surface area contributed by atoms with Crippen molar-refractivity contribution in [3.63, 3.8) is 0 Å². The summed E-state index contributed by atoms with van der Waals surface area (Å²) in [4.78, 5) is 37.5. The van der Waals surface area contributed by atoms with Gasteiger partial charge in [0.05, 0.1) is 17.5 Å². The van der Waals surface area contributed by atoms with Crippen molar-refractivity contribution >= 4 is 35.1 Å². The topological polar surface area (TPSA) is 63.7 Å². The van der Waals surface area contributed by atoms with E-state index in [9.17, 15) is 14.4 Å². The summed E-state index contributed by atoms with van der Waals surface area (Å²) in [6.45, 7) is 1.27. The quantitative estimate of drug-likeness (QED) is 0.477. The molecule has 1 aliphatic heterocycles. The van der Waals surface area contributed by atoms with E-state index < -0.39 is 11.9 Å². The van der Waals surface area contributed by atoms with E-state index in [0.29, 0.717) is 23.6 Å². The predicted octanol–water partition coefficient (Wildman–Crippen LogP) is 2.63. The number of halogens is 1. The molecule has 3 rings (SSSR count). The standard InChI is InChI=1S/C16H14ClNO4/c1-9(19)22-14-5-3-2-4-13(14)18-15(20)11-7-6-10(17)8-12(11)16(18)21/h2-6,11-12H,7-8H2,1H3/t11-,12-/m0/s1. The Bertz CT molecular complexity index is 697. The normalized spacial score (nSPS) is 24.1. The van der Waals surface area contributed by atoms with Gasteiger partial charge in [-0.1, -0.05) is 29.8 Å². The molecule has 114 valence electrons. The number of rotatable bonds is 2. The number of carbonyl (C=O) groups is 3. The van der Waals surface area contributed by atoms with Gasteiger partial charge >= 0.3 is 5.97 Å². The molecule has 2 aliphatic rings. The summed E-state index contributed by atoms with van der Waals surface area (Å²) in [7, 11) is 0. The number of hydrogen-bond donors (Lipinski definition) is 0. The summed E-state index contributed by atoms with van der Waals surface area (Å²) in [5, 5.41) is 0.609. The van der Waals surface area contributed by atoms with E-state index in [1.807, 2.05) is 0 Å². The first-order valence-corrected chi connectivity index (χ1v) is 7.36. The van der Waals surface area contributed by atoms with Crippen LogP contribution in [0.2, 0.25) is 0 Å². The average molecular weight is 320 g/mol. The third-order valence-electron chi connectivity index (χ3n) is 3.93. The Morgan fingerprint density at radius 2 is 1.91 bits per heavy atom. The van der Waals surface area contributed by atoms with Crippen LogP contribution < -0.4 is 9.64 Å². The number of allylic oxidation sites excluding steroid dienone is 2. The lowest BCUT2D eigenvalue weighted by molar-refractivity contribution is -0.132. The van der Waals surface area contributed by atoms with Crippen molar-refractivity contribution in [2.45, 2.75) is 19.8 Å². The summed E-state index contributed by atoms with van der Waals surface area (Å²) in [6, 6.07) is 6.53. The Labute approximate surface area is 132 Å². The Balaban J connectivity index is 1.98. The van der Waals surface area contributed by atoms with Gasteiger partial charge in [0.25, 0.3) is 0 Å². The fourth-order valence-corrected chi connectivity index (χ4v) is 3.20. The number of anilines is 1. The molecule has 22 heavy (non-hydrogen) atoms. The van der Waals surface area contributed by atoms with Gasteiger partial charge in [0.1, 0.15) is 0 Å². The number of hydrogen-bond acceptors (Lipinski definition) is 4. The van der Waals surface area contributed by atoms with Crippen LogP contribution in [-0.4, -0.2) is 17.8 Å². The highest BCUT2D eigenvalue weighted by molar-refractivity contribution is 6.30. The van der Waals surface area contributed by atoms with Crippen molar-refractivity contribution in [1.82, 2.24) is 0 Å². The minimum atomic E-state index is -0.506. The fourth-order valence-electron chi connectivity index (χ4n) is 2.95. The molecule has 1 saturated heterocycles. The SMILES string of the molecule is CC(=O)Oc1ccccc1N1C(=O)[C@H]2CC=C(Cl)C[C@@H]2C1=O. The molecule has 0 unspecified atom stereocenters. The summed E-state index contributed by atoms with van der Waals surface area (Å²) < 4.78 is 5.10. The number of ether oxygens (including phenoxy) is 1. The first kappa shape index (κ1) is 14.8. The van der Waals surface area contributed by atoms with Gasteiger partial charge in [-0.2, -0.15) is 0 Å². The molecule has 5 nitrogen and oxygen atoms in total. The summed E-state index contributed by atoms with van der Waals surface area (Å²) in [5.74, 6) is -1.69. The molecular formula is C16H14ClNO4. The third-order valence-corrected chi connectivity index (χ3v) is 4.24. The van der Waals surface area contributed by atoms with Crippen molar-refractivity contribution in [1.29, 1.82) is 0 Å². The molecule has 0 spiro atoms. The van der Waals surface area contributed by atoms with Gasteiger partial charge in [-0.05, 0) is 25.0 Å². The van der Waals surface area contributed by atoms with Gasteiger partial charge in [-0.3, -0.25) is 14.4 Å². The van der Waals surface area contributed by atoms with Gasteiger partial charge in [0.15, 0.2) is 5.75 Å². The van der Waals surface area contributed by atoms with Crippen molar-refractivity contribution in [3.05, 3.63) is 35.4 Å². The number of nitrogens with zero attached hydrogens (tertiary/aromatic N) is 1. The molecular weight excluding hydrogens is 306 g/mol. The van der Waals surface area contributed by atoms with Gasteiger partial charge < -0.3 is 4.74 Å². The number of carbonyl (C=O) groups excluding carboxylic acids is 3. The smallest absolute Gasteiger partial charge is 0.308 e. The highest BCUT2D eigenvalue weighted by atomic mass is 35.5. The van der Waals surface area contributed by atoms with Crippen LogP contribution in [0.15, 0.2) is 35.4 Å². The van der Waals surface area contributed by atoms with Gasteiger partial charge in [-0.25, -0.2) is 4.90 Å². The van der Waals surface area contributed by atoms with Crippen molar-refractivity contribution in [3.8, 4) is 5.75 Å². The molecule has 0 radical (unpaired) electrons. The van der Waals surface area contributed by atoms with E-state index in [-0.39, 0.29) is 23.5 Å². The molecule has 0 aromatic heterocycles. The molecule has 1 heterocycles. The largest absolute Gasteiger partial charge is 0.424 e. The van der Waals surface area contributed by atoms with Gasteiger partial charge in [-0.15, -0.1) is 0 Å². The minimum Gasteiger partial charge on any atom is -0.424 e. The zero-order chi connectivity index (χ0) is 15.9. The van der Waals surface area contributed by atoms with E-state index in [2.05, 4.69) is 0 Å². The van der Waals surface area contributed by atoms with E-state index in [4.69, 9.17) is 16.3 Å². The number of amides is 2. The van der Waals surface area contributed by atoms with E-state index in [1.54, 1.807) is 30.3 Å². The van der Waals surface area contributed by atoms with Crippen LogP contribution in [0.3, 0.4) is 0 Å². The Hall–Kier alpha value is -2.14. The van der Waals surface area contributed by atoms with Gasteiger partial charge in [0, 0.05) is 12.0 Å². The molecule has 1 aromatic carbocycles. The van der Waals surface area contributed by atoms with Crippen LogP contribution in [0, 0.1) is 11.8 Å². The molecule has 1 fully saturated rings. The van der Waals surface area contributed by atoms with Crippen LogP contribution in [0.1, 0.15) is 19.8 Å². The first-order chi connectivity index (χ1) is 10.5. The lowest BCUT2D eigenvalue weighted by Gasteiger charge is -2.18. The summed E-state index contributed by atoms with van der Waals surface area (Å²) in [6.07, 6.45) is 2.62. The maximum absolute atomic E-state index is 12.6. The van der Waals surface area contributed by atoms with Crippen LogP contribution in [0.4, 0.5) is 5.69 Å². The molecule has 1 aromatic rings. The molecule has 6 heteroatoms. The molecule has 1 aliphatic carbocycles. The molecule has 2 atom stereocenters. The van der Waals surface area contributed by atoms with Crippen molar-refractivity contribution < 1.29 is 19.1 Å². The number of benzene rings is 1. The average Bonchev–Trinajstić information content (AvgIpc) is 2.71. The van der Waals surface area contributed by atoms with E-state index in [0.717, 1.165) is 4.90 Å². The zero-order valence-corrected chi connectivity index (χ0v) is 12.7. The predicted molar refractivity (Wildman–Crippen MR) is 80.4 cm³/mol. The highest BCUT2D eigenvalue weighted by Gasteiger charge is 2.49. The van der Waals surface area contributed by atoms with Crippen LogP contribution in [0.5, 0.6) is 5.75 Å². The monoisotopic (exact) mass is 319 g/mol. The summed E-state index contributed by atoms with van der Waals surface area (Å²) >= 11 is 6.00. The number of fused-ring (bicyclic) bond motifs is 1. The minimum absolute atomic E-state index is 0.203. The zero-order valence-electron chi connectivity index (χ0n) is 11.9. The number of imide groups is 1. The second kappa shape index (κ2) is 5.57. The Morgan fingerprint density at radius 1 is 1.23 bits per heavy atom. The Morgan fingerprint density at radius 3 is 2.64 bits per heavy atom.